The number of rotatable bonds is 5. The fourth-order valence-electron chi connectivity index (χ4n) is 1.58. The van der Waals surface area contributed by atoms with Crippen LogP contribution < -0.4 is 10.9 Å². The summed E-state index contributed by atoms with van der Waals surface area (Å²) in [6.45, 7) is 0. The minimum atomic E-state index is -0.363. The van der Waals surface area contributed by atoms with Crippen LogP contribution in [0, 0.1) is 0 Å². The number of carbonyl (C=O) groups excluding carboxylic acids is 2. The Balaban J connectivity index is 1.83. The lowest BCUT2D eigenvalue weighted by Crippen LogP contribution is -2.30. The lowest BCUT2D eigenvalue weighted by Gasteiger charge is -2.07. The van der Waals surface area contributed by atoms with E-state index in [1.807, 2.05) is 36.4 Å². The Morgan fingerprint density at radius 1 is 0.842 bits per heavy atom. The van der Waals surface area contributed by atoms with Gasteiger partial charge in [0.1, 0.15) is 0 Å². The number of ketones is 1. The molecular formula is C15H14N2O2. The summed E-state index contributed by atoms with van der Waals surface area (Å²) in [5, 5.41) is 0. The minimum absolute atomic E-state index is 0.177. The van der Waals surface area contributed by atoms with Crippen molar-refractivity contribution in [3.8, 4) is 0 Å². The van der Waals surface area contributed by atoms with Gasteiger partial charge in [0.25, 0.3) is 0 Å². The van der Waals surface area contributed by atoms with Gasteiger partial charge in [0.2, 0.25) is 5.91 Å². The molecule has 2 rings (SSSR count). The fraction of sp³-hybridized carbons (Fsp3) is 0.0667. The van der Waals surface area contributed by atoms with Crippen molar-refractivity contribution in [1.29, 1.82) is 0 Å². The summed E-state index contributed by atoms with van der Waals surface area (Å²) in [6.07, 6.45) is -0.177. The Labute approximate surface area is 111 Å². The van der Waals surface area contributed by atoms with Crippen molar-refractivity contribution in [1.82, 2.24) is 5.43 Å². The molecule has 4 heteroatoms. The predicted molar refractivity (Wildman–Crippen MR) is 73.6 cm³/mol. The molecule has 4 nitrogen and oxygen atoms in total. The maximum Gasteiger partial charge on any atom is 0.246 e. The highest BCUT2D eigenvalue weighted by atomic mass is 16.2. The number of hydrogen-bond acceptors (Lipinski definition) is 3. The van der Waals surface area contributed by atoms with E-state index in [1.165, 1.54) is 0 Å². The van der Waals surface area contributed by atoms with Gasteiger partial charge < -0.3 is 0 Å². The van der Waals surface area contributed by atoms with Gasteiger partial charge in [0, 0.05) is 5.56 Å². The van der Waals surface area contributed by atoms with Crippen LogP contribution in [0.4, 0.5) is 5.69 Å². The fourth-order valence-corrected chi connectivity index (χ4v) is 1.58. The topological polar surface area (TPSA) is 58.2 Å². The van der Waals surface area contributed by atoms with Crippen molar-refractivity contribution in [2.75, 3.05) is 5.43 Å². The largest absolute Gasteiger partial charge is 0.299 e. The van der Waals surface area contributed by atoms with Gasteiger partial charge in [-0.15, -0.1) is 0 Å². The van der Waals surface area contributed by atoms with Gasteiger partial charge in [0.15, 0.2) is 5.78 Å². The van der Waals surface area contributed by atoms with Gasteiger partial charge in [-0.3, -0.25) is 20.4 Å². The standard InChI is InChI=1S/C15H14N2O2/c18-14(12-7-3-1-4-8-12)11-15(19)17-16-13-9-5-2-6-10-13/h1-10,16H,11H2,(H,17,19). The maximum absolute atomic E-state index is 11.8. The van der Waals surface area contributed by atoms with Crippen molar-refractivity contribution in [3.05, 3.63) is 66.2 Å². The highest BCUT2D eigenvalue weighted by Crippen LogP contribution is 2.04. The van der Waals surface area contributed by atoms with Gasteiger partial charge in [-0.25, -0.2) is 0 Å². The van der Waals surface area contributed by atoms with E-state index in [0.29, 0.717) is 5.56 Å². The maximum atomic E-state index is 11.8. The minimum Gasteiger partial charge on any atom is -0.299 e. The van der Waals surface area contributed by atoms with Crippen molar-refractivity contribution < 1.29 is 9.59 Å². The third kappa shape index (κ3) is 3.96. The van der Waals surface area contributed by atoms with E-state index in [9.17, 15) is 9.59 Å². The summed E-state index contributed by atoms with van der Waals surface area (Å²) in [7, 11) is 0. The molecular weight excluding hydrogens is 240 g/mol. The molecule has 0 fully saturated rings. The molecule has 0 bridgehead atoms. The van der Waals surface area contributed by atoms with E-state index in [-0.39, 0.29) is 18.1 Å². The summed E-state index contributed by atoms with van der Waals surface area (Å²) >= 11 is 0. The molecule has 1 amide bonds. The summed E-state index contributed by atoms with van der Waals surface area (Å²) in [5.41, 5.74) is 6.55. The summed E-state index contributed by atoms with van der Waals surface area (Å²) in [4.78, 5) is 23.4. The first-order valence-electron chi connectivity index (χ1n) is 5.94. The van der Waals surface area contributed by atoms with Crippen LogP contribution in [0.3, 0.4) is 0 Å². The Kier molecular flexibility index (Phi) is 4.29. The zero-order valence-corrected chi connectivity index (χ0v) is 10.3. The third-order valence-electron chi connectivity index (χ3n) is 2.54. The number of hydrazine groups is 1. The number of hydrogen-bond donors (Lipinski definition) is 2. The third-order valence-corrected chi connectivity index (χ3v) is 2.54. The zero-order chi connectivity index (χ0) is 13.5. The summed E-state index contributed by atoms with van der Waals surface area (Å²) in [6, 6.07) is 18.0. The molecule has 0 saturated carbocycles. The molecule has 0 radical (unpaired) electrons. The lowest BCUT2D eigenvalue weighted by atomic mass is 10.1. The molecule has 96 valence electrons. The second-order valence-corrected chi connectivity index (χ2v) is 4.01. The van der Waals surface area contributed by atoms with Crippen LogP contribution in [-0.4, -0.2) is 11.7 Å². The Bertz CT molecular complexity index is 553. The number of anilines is 1. The second kappa shape index (κ2) is 6.35. The number of para-hydroxylation sites is 1. The van der Waals surface area contributed by atoms with Crippen molar-refractivity contribution >= 4 is 17.4 Å². The van der Waals surface area contributed by atoms with Crippen LogP contribution in [0.1, 0.15) is 16.8 Å². The normalized spacial score (nSPS) is 9.68. The summed E-state index contributed by atoms with van der Waals surface area (Å²) < 4.78 is 0. The average Bonchev–Trinajstić information content (AvgIpc) is 2.47. The van der Waals surface area contributed by atoms with E-state index >= 15 is 0 Å². The molecule has 19 heavy (non-hydrogen) atoms. The van der Waals surface area contributed by atoms with E-state index < -0.39 is 0 Å². The Morgan fingerprint density at radius 3 is 2.05 bits per heavy atom. The molecule has 0 aliphatic rings. The monoisotopic (exact) mass is 254 g/mol. The molecule has 2 aromatic carbocycles. The predicted octanol–water partition coefficient (Wildman–Crippen LogP) is 2.40. The van der Waals surface area contributed by atoms with Crippen molar-refractivity contribution in [3.63, 3.8) is 0 Å². The number of amides is 1. The van der Waals surface area contributed by atoms with Crippen LogP contribution in [0.5, 0.6) is 0 Å². The molecule has 2 aromatic rings. The summed E-state index contributed by atoms with van der Waals surface area (Å²) in [5.74, 6) is -0.564. The van der Waals surface area contributed by atoms with Gasteiger partial charge in [-0.05, 0) is 12.1 Å². The number of benzene rings is 2. The SMILES string of the molecule is O=C(CC(=O)c1ccccc1)NNc1ccccc1. The Hall–Kier alpha value is -2.62. The van der Waals surface area contributed by atoms with Crippen LogP contribution in [0.25, 0.3) is 0 Å². The highest BCUT2D eigenvalue weighted by molar-refractivity contribution is 6.07. The van der Waals surface area contributed by atoms with Crippen molar-refractivity contribution in [2.24, 2.45) is 0 Å². The first-order chi connectivity index (χ1) is 9.25. The van der Waals surface area contributed by atoms with Gasteiger partial charge in [-0.2, -0.15) is 0 Å². The van der Waals surface area contributed by atoms with E-state index in [4.69, 9.17) is 0 Å². The van der Waals surface area contributed by atoms with Gasteiger partial charge >= 0.3 is 0 Å². The van der Waals surface area contributed by atoms with E-state index in [0.717, 1.165) is 5.69 Å². The molecule has 0 aromatic heterocycles. The zero-order valence-electron chi connectivity index (χ0n) is 10.3. The van der Waals surface area contributed by atoms with Crippen LogP contribution in [-0.2, 0) is 4.79 Å². The average molecular weight is 254 g/mol. The molecule has 2 N–H and O–H groups in total. The molecule has 0 saturated heterocycles. The first-order valence-corrected chi connectivity index (χ1v) is 5.94. The number of carbonyl (C=O) groups is 2. The molecule has 0 heterocycles. The van der Waals surface area contributed by atoms with Gasteiger partial charge in [0.05, 0.1) is 12.1 Å². The van der Waals surface area contributed by atoms with E-state index in [1.54, 1.807) is 24.3 Å². The second-order valence-electron chi connectivity index (χ2n) is 4.01. The Morgan fingerprint density at radius 2 is 1.42 bits per heavy atom. The lowest BCUT2D eigenvalue weighted by molar-refractivity contribution is -0.119. The quantitative estimate of drug-likeness (QED) is 0.489. The first kappa shape index (κ1) is 12.8. The van der Waals surface area contributed by atoms with Crippen LogP contribution >= 0.6 is 0 Å². The molecule has 0 spiro atoms. The number of nitrogens with one attached hydrogen (secondary N) is 2. The molecule has 0 unspecified atom stereocenters. The van der Waals surface area contributed by atoms with E-state index in [2.05, 4.69) is 10.9 Å². The number of Topliss-reactive ketones (excluding diaryl/α,β-unsaturated/α-hetero) is 1. The smallest absolute Gasteiger partial charge is 0.246 e. The molecule has 0 aliphatic heterocycles. The van der Waals surface area contributed by atoms with Crippen molar-refractivity contribution in [2.45, 2.75) is 6.42 Å². The molecule has 0 atom stereocenters. The van der Waals surface area contributed by atoms with Gasteiger partial charge in [-0.1, -0.05) is 48.5 Å². The highest BCUT2D eigenvalue weighted by Gasteiger charge is 2.10. The van der Waals surface area contributed by atoms with Crippen LogP contribution in [0.2, 0.25) is 0 Å². The van der Waals surface area contributed by atoms with Crippen LogP contribution in [0.15, 0.2) is 60.7 Å². The molecule has 0 aliphatic carbocycles.